The number of esters is 1. The molecule has 0 unspecified atom stereocenters. The minimum Gasteiger partial charge on any atom is -0.476 e. The number of aromatic nitrogens is 3. The summed E-state index contributed by atoms with van der Waals surface area (Å²) in [6.07, 6.45) is 1.29. The Morgan fingerprint density at radius 2 is 2.00 bits per heavy atom. The summed E-state index contributed by atoms with van der Waals surface area (Å²) >= 11 is 0. The first-order valence-corrected chi connectivity index (χ1v) is 5.55. The Labute approximate surface area is 108 Å². The van der Waals surface area contributed by atoms with Gasteiger partial charge in [-0.3, -0.25) is 0 Å². The number of carboxylic acids is 1. The molecule has 2 aromatic rings. The second-order valence-electron chi connectivity index (χ2n) is 3.62. The molecule has 1 aromatic heterocycles. The Kier molecular flexibility index (Phi) is 3.56. The summed E-state index contributed by atoms with van der Waals surface area (Å²) < 4.78 is 6.18. The summed E-state index contributed by atoms with van der Waals surface area (Å²) in [5, 5.41) is 15.9. The van der Waals surface area contributed by atoms with Crippen molar-refractivity contribution >= 4 is 11.9 Å². The molecule has 0 fully saturated rings. The zero-order valence-corrected chi connectivity index (χ0v) is 10.1. The molecule has 0 aliphatic carbocycles. The Bertz CT molecular complexity index is 604. The molecule has 7 nitrogen and oxygen atoms in total. The molecule has 1 aromatic carbocycles. The summed E-state index contributed by atoms with van der Waals surface area (Å²) in [4.78, 5) is 22.1. The molecule has 0 saturated heterocycles. The summed E-state index contributed by atoms with van der Waals surface area (Å²) in [5.74, 6) is -1.55. The van der Waals surface area contributed by atoms with Crippen LogP contribution in [0.2, 0.25) is 0 Å². The molecule has 1 N–H and O–H groups in total. The lowest BCUT2D eigenvalue weighted by Gasteiger charge is -2.03. The van der Waals surface area contributed by atoms with Gasteiger partial charge in [-0.15, -0.1) is 5.10 Å². The van der Waals surface area contributed by atoms with Gasteiger partial charge in [-0.1, -0.05) is 5.21 Å². The maximum absolute atomic E-state index is 11.5. The van der Waals surface area contributed by atoms with E-state index in [1.54, 1.807) is 31.2 Å². The normalized spacial score (nSPS) is 10.2. The number of ether oxygens (including phenoxy) is 1. The van der Waals surface area contributed by atoms with E-state index in [4.69, 9.17) is 9.84 Å². The second-order valence-corrected chi connectivity index (χ2v) is 3.62. The van der Waals surface area contributed by atoms with Crippen molar-refractivity contribution in [2.45, 2.75) is 6.92 Å². The van der Waals surface area contributed by atoms with E-state index < -0.39 is 11.9 Å². The lowest BCUT2D eigenvalue weighted by atomic mass is 10.2. The number of rotatable bonds is 4. The van der Waals surface area contributed by atoms with Gasteiger partial charge in [0.25, 0.3) is 0 Å². The molecule has 1 heterocycles. The number of aromatic carboxylic acids is 1. The van der Waals surface area contributed by atoms with Crippen molar-refractivity contribution in [3.8, 4) is 5.69 Å². The van der Waals surface area contributed by atoms with Crippen molar-refractivity contribution in [1.29, 1.82) is 0 Å². The Morgan fingerprint density at radius 3 is 2.53 bits per heavy atom. The van der Waals surface area contributed by atoms with Crippen LogP contribution in [0.15, 0.2) is 30.5 Å². The number of carboxylic acid groups (broad SMARTS) is 1. The topological polar surface area (TPSA) is 94.3 Å². The molecule has 0 aliphatic rings. The molecular weight excluding hydrogens is 250 g/mol. The van der Waals surface area contributed by atoms with Gasteiger partial charge in [0.1, 0.15) is 0 Å². The van der Waals surface area contributed by atoms with Gasteiger partial charge in [0.05, 0.1) is 24.1 Å². The van der Waals surface area contributed by atoms with Crippen molar-refractivity contribution in [3.63, 3.8) is 0 Å². The van der Waals surface area contributed by atoms with Crippen molar-refractivity contribution in [1.82, 2.24) is 15.0 Å². The molecule has 98 valence electrons. The third-order valence-electron chi connectivity index (χ3n) is 2.36. The fourth-order valence-electron chi connectivity index (χ4n) is 1.45. The van der Waals surface area contributed by atoms with Crippen LogP contribution in [0, 0.1) is 0 Å². The Balaban J connectivity index is 2.22. The van der Waals surface area contributed by atoms with Crippen LogP contribution in [0.3, 0.4) is 0 Å². The molecule has 0 amide bonds. The Hall–Kier alpha value is -2.70. The van der Waals surface area contributed by atoms with Gasteiger partial charge in [0.15, 0.2) is 5.69 Å². The van der Waals surface area contributed by atoms with Crippen LogP contribution in [0.5, 0.6) is 0 Å². The highest BCUT2D eigenvalue weighted by Gasteiger charge is 2.10. The van der Waals surface area contributed by atoms with Crippen LogP contribution in [-0.2, 0) is 4.74 Å². The molecule has 0 saturated carbocycles. The fraction of sp³-hybridized carbons (Fsp3) is 0.167. The minimum atomic E-state index is -1.14. The highest BCUT2D eigenvalue weighted by molar-refractivity contribution is 5.89. The first-order valence-electron chi connectivity index (χ1n) is 5.55. The third-order valence-corrected chi connectivity index (χ3v) is 2.36. The van der Waals surface area contributed by atoms with E-state index in [2.05, 4.69) is 10.3 Å². The van der Waals surface area contributed by atoms with Gasteiger partial charge in [-0.05, 0) is 31.2 Å². The molecule has 19 heavy (non-hydrogen) atoms. The zero-order valence-electron chi connectivity index (χ0n) is 10.1. The van der Waals surface area contributed by atoms with Crippen LogP contribution < -0.4 is 0 Å². The van der Waals surface area contributed by atoms with Gasteiger partial charge in [-0.2, -0.15) is 0 Å². The minimum absolute atomic E-state index is 0.144. The van der Waals surface area contributed by atoms with E-state index in [9.17, 15) is 9.59 Å². The average Bonchev–Trinajstić information content (AvgIpc) is 2.89. The highest BCUT2D eigenvalue weighted by atomic mass is 16.5. The SMILES string of the molecule is CCOC(=O)c1ccc(-n2cc(C(=O)O)nn2)cc1. The van der Waals surface area contributed by atoms with Crippen LogP contribution in [0.4, 0.5) is 0 Å². The van der Waals surface area contributed by atoms with Crippen molar-refractivity contribution in [2.75, 3.05) is 6.61 Å². The van der Waals surface area contributed by atoms with Crippen LogP contribution in [0.25, 0.3) is 5.69 Å². The number of nitrogens with zero attached hydrogens (tertiary/aromatic N) is 3. The molecule has 0 atom stereocenters. The fourth-order valence-corrected chi connectivity index (χ4v) is 1.45. The molecule has 0 bridgehead atoms. The Morgan fingerprint density at radius 1 is 1.32 bits per heavy atom. The van der Waals surface area contributed by atoms with Gasteiger partial charge >= 0.3 is 11.9 Å². The predicted molar refractivity (Wildman–Crippen MR) is 64.3 cm³/mol. The highest BCUT2D eigenvalue weighted by Crippen LogP contribution is 2.10. The standard InChI is InChI=1S/C12H11N3O4/c1-2-19-12(18)8-3-5-9(6-4-8)15-7-10(11(16)17)13-14-15/h3-7H,2H2,1H3,(H,16,17). The van der Waals surface area contributed by atoms with E-state index in [1.165, 1.54) is 10.9 Å². The molecule has 2 rings (SSSR count). The molecule has 0 radical (unpaired) electrons. The van der Waals surface area contributed by atoms with Gasteiger partial charge in [0, 0.05) is 0 Å². The maximum Gasteiger partial charge on any atom is 0.358 e. The lowest BCUT2D eigenvalue weighted by molar-refractivity contribution is 0.0526. The number of hydrogen-bond donors (Lipinski definition) is 1. The van der Waals surface area contributed by atoms with E-state index >= 15 is 0 Å². The number of benzene rings is 1. The zero-order chi connectivity index (χ0) is 13.8. The monoisotopic (exact) mass is 261 g/mol. The van der Waals surface area contributed by atoms with E-state index in [-0.39, 0.29) is 5.69 Å². The van der Waals surface area contributed by atoms with Gasteiger partial charge < -0.3 is 9.84 Å². The predicted octanol–water partition coefficient (Wildman–Crippen LogP) is 1.14. The summed E-state index contributed by atoms with van der Waals surface area (Å²) in [6, 6.07) is 6.42. The summed E-state index contributed by atoms with van der Waals surface area (Å²) in [6.45, 7) is 2.04. The van der Waals surface area contributed by atoms with Crippen LogP contribution in [-0.4, -0.2) is 38.6 Å². The average molecular weight is 261 g/mol. The first-order chi connectivity index (χ1) is 9.11. The van der Waals surface area contributed by atoms with Crippen molar-refractivity contribution < 1.29 is 19.4 Å². The summed E-state index contributed by atoms with van der Waals surface area (Å²) in [5.41, 5.74) is 0.881. The van der Waals surface area contributed by atoms with Gasteiger partial charge in [0.2, 0.25) is 0 Å². The van der Waals surface area contributed by atoms with E-state index in [1.807, 2.05) is 0 Å². The molecule has 0 spiro atoms. The van der Waals surface area contributed by atoms with Crippen LogP contribution >= 0.6 is 0 Å². The molecule has 7 heteroatoms. The van der Waals surface area contributed by atoms with Gasteiger partial charge in [-0.25, -0.2) is 14.3 Å². The maximum atomic E-state index is 11.5. The molecule has 0 aliphatic heterocycles. The second kappa shape index (κ2) is 5.30. The smallest absolute Gasteiger partial charge is 0.358 e. The lowest BCUT2D eigenvalue weighted by Crippen LogP contribution is -2.05. The van der Waals surface area contributed by atoms with E-state index in [0.717, 1.165) is 0 Å². The number of carbonyl (C=O) groups is 2. The molecular formula is C12H11N3O4. The van der Waals surface area contributed by atoms with Crippen molar-refractivity contribution in [2.24, 2.45) is 0 Å². The summed E-state index contributed by atoms with van der Waals surface area (Å²) in [7, 11) is 0. The van der Waals surface area contributed by atoms with E-state index in [0.29, 0.717) is 17.9 Å². The van der Waals surface area contributed by atoms with Crippen molar-refractivity contribution in [3.05, 3.63) is 41.7 Å². The first kappa shape index (κ1) is 12.7. The quantitative estimate of drug-likeness (QED) is 0.829. The largest absolute Gasteiger partial charge is 0.476 e. The van der Waals surface area contributed by atoms with Crippen LogP contribution in [0.1, 0.15) is 27.8 Å². The number of carbonyl (C=O) groups excluding carboxylic acids is 1. The third kappa shape index (κ3) is 2.76. The number of hydrogen-bond acceptors (Lipinski definition) is 5.